The largest absolute Gasteiger partial charge is 0.391 e. The lowest BCUT2D eigenvalue weighted by Gasteiger charge is -2.29. The number of β-amino-alcohol motifs (C(OH)–C–C–N with tert-alkyl or cyclic N) is 1. The van der Waals surface area contributed by atoms with Crippen LogP contribution in [-0.4, -0.2) is 45.6 Å². The highest BCUT2D eigenvalue weighted by Crippen LogP contribution is 2.31. The quantitative estimate of drug-likeness (QED) is 0.686. The molecule has 1 aliphatic heterocycles. The molecule has 1 fully saturated rings. The van der Waals surface area contributed by atoms with Gasteiger partial charge in [-0.2, -0.15) is 0 Å². The molecule has 6 heteroatoms. The van der Waals surface area contributed by atoms with Gasteiger partial charge in [0.2, 0.25) is 0 Å². The van der Waals surface area contributed by atoms with E-state index in [0.717, 1.165) is 28.4 Å². The number of nitrogens with zero attached hydrogens (tertiary/aromatic N) is 2. The van der Waals surface area contributed by atoms with E-state index >= 15 is 0 Å². The number of aliphatic hydroxyl groups is 1. The van der Waals surface area contributed by atoms with Gasteiger partial charge in [-0.25, -0.2) is 0 Å². The van der Waals surface area contributed by atoms with Gasteiger partial charge in [-0.1, -0.05) is 18.2 Å². The van der Waals surface area contributed by atoms with Gasteiger partial charge in [0.25, 0.3) is 0 Å². The molecule has 2 amide bonds. The number of hydrogen-bond donors (Lipinski definition) is 2. The van der Waals surface area contributed by atoms with E-state index in [-0.39, 0.29) is 6.54 Å². The van der Waals surface area contributed by atoms with E-state index in [2.05, 4.69) is 28.9 Å². The number of aliphatic hydroxyl groups excluding tert-OH is 1. The van der Waals surface area contributed by atoms with Crippen molar-refractivity contribution in [2.24, 2.45) is 0 Å². The third kappa shape index (κ3) is 3.17. The summed E-state index contributed by atoms with van der Waals surface area (Å²) in [4.78, 5) is 26.2. The van der Waals surface area contributed by atoms with Crippen molar-refractivity contribution in [1.29, 1.82) is 0 Å². The minimum absolute atomic E-state index is 0.218. The Balaban J connectivity index is 1.62. The molecule has 1 aromatic heterocycles. The predicted octanol–water partition coefficient (Wildman–Crippen LogP) is 2.74. The topological polar surface area (TPSA) is 74.6 Å². The molecule has 4 rings (SSSR count). The second kappa shape index (κ2) is 7.04. The first-order chi connectivity index (χ1) is 13.1. The number of benzene rings is 2. The minimum atomic E-state index is -0.664. The highest BCUT2D eigenvalue weighted by atomic mass is 16.3. The zero-order chi connectivity index (χ0) is 19.0. The van der Waals surface area contributed by atoms with E-state index in [1.165, 1.54) is 4.90 Å². The number of piperidine rings is 1. The van der Waals surface area contributed by atoms with Crippen LogP contribution < -0.4 is 5.32 Å². The molecule has 0 aliphatic carbocycles. The maximum atomic E-state index is 12.4. The van der Waals surface area contributed by atoms with Gasteiger partial charge in [0, 0.05) is 47.1 Å². The van der Waals surface area contributed by atoms with Gasteiger partial charge in [0.1, 0.15) is 0 Å². The predicted molar refractivity (Wildman–Crippen MR) is 106 cm³/mol. The highest BCUT2D eigenvalue weighted by molar-refractivity contribution is 6.39. The van der Waals surface area contributed by atoms with E-state index in [4.69, 9.17) is 0 Å². The number of rotatable bonds is 2. The molecule has 1 unspecified atom stereocenters. The van der Waals surface area contributed by atoms with Crippen molar-refractivity contribution < 1.29 is 14.7 Å². The Morgan fingerprint density at radius 3 is 2.70 bits per heavy atom. The van der Waals surface area contributed by atoms with Crippen LogP contribution in [0.2, 0.25) is 0 Å². The Labute approximate surface area is 157 Å². The summed E-state index contributed by atoms with van der Waals surface area (Å²) in [6.45, 7) is 3.68. The monoisotopic (exact) mass is 365 g/mol. The van der Waals surface area contributed by atoms with Crippen molar-refractivity contribution in [3.8, 4) is 0 Å². The lowest BCUT2D eigenvalue weighted by Crippen LogP contribution is -2.46. The molecule has 2 N–H and O–H groups in total. The summed E-state index contributed by atoms with van der Waals surface area (Å²) >= 11 is 0. The van der Waals surface area contributed by atoms with Gasteiger partial charge in [0.05, 0.1) is 6.10 Å². The summed E-state index contributed by atoms with van der Waals surface area (Å²) in [7, 11) is 0. The lowest BCUT2D eigenvalue weighted by atomic mass is 10.1. The Morgan fingerprint density at radius 2 is 1.93 bits per heavy atom. The Bertz CT molecular complexity index is 1020. The number of likely N-dealkylation sites (tertiary alicyclic amines) is 1. The van der Waals surface area contributed by atoms with Crippen LogP contribution in [0.4, 0.5) is 5.69 Å². The molecule has 2 heterocycles. The number of anilines is 1. The van der Waals surface area contributed by atoms with Crippen LogP contribution >= 0.6 is 0 Å². The van der Waals surface area contributed by atoms with Gasteiger partial charge in [-0.3, -0.25) is 9.59 Å². The van der Waals surface area contributed by atoms with E-state index < -0.39 is 17.9 Å². The number of nitrogens with one attached hydrogen (secondary N) is 1. The van der Waals surface area contributed by atoms with Crippen LogP contribution in [0.5, 0.6) is 0 Å². The number of carbonyl (C=O) groups excluding carboxylic acids is 2. The normalized spacial score (nSPS) is 17.4. The van der Waals surface area contributed by atoms with E-state index in [9.17, 15) is 14.7 Å². The molecular formula is C21H23N3O3. The molecule has 1 aliphatic rings. The third-order valence-electron chi connectivity index (χ3n) is 5.22. The lowest BCUT2D eigenvalue weighted by molar-refractivity contribution is -0.145. The van der Waals surface area contributed by atoms with Gasteiger partial charge in [-0.15, -0.1) is 0 Å². The summed E-state index contributed by atoms with van der Waals surface area (Å²) in [6, 6.07) is 13.9. The molecule has 2 aromatic carbocycles. The van der Waals surface area contributed by atoms with Crippen molar-refractivity contribution in [2.45, 2.75) is 32.4 Å². The van der Waals surface area contributed by atoms with Crippen LogP contribution in [-0.2, 0) is 16.1 Å². The molecule has 0 saturated carbocycles. The van der Waals surface area contributed by atoms with Crippen molar-refractivity contribution in [3.05, 3.63) is 42.5 Å². The first-order valence-corrected chi connectivity index (χ1v) is 9.37. The Hall–Kier alpha value is -2.86. The molecule has 140 valence electrons. The first kappa shape index (κ1) is 17.5. The fraction of sp³-hybridized carbons (Fsp3) is 0.333. The van der Waals surface area contributed by atoms with Crippen LogP contribution in [0.1, 0.15) is 19.8 Å². The highest BCUT2D eigenvalue weighted by Gasteiger charge is 2.27. The van der Waals surface area contributed by atoms with Crippen LogP contribution in [0.3, 0.4) is 0 Å². The number of aromatic nitrogens is 1. The molecule has 1 atom stereocenters. The second-order valence-electron chi connectivity index (χ2n) is 6.99. The van der Waals surface area contributed by atoms with Crippen molar-refractivity contribution >= 4 is 39.3 Å². The molecule has 0 radical (unpaired) electrons. The zero-order valence-corrected chi connectivity index (χ0v) is 15.3. The smallest absolute Gasteiger partial charge is 0.313 e. The van der Waals surface area contributed by atoms with Gasteiger partial charge in [-0.05, 0) is 44.0 Å². The van der Waals surface area contributed by atoms with E-state index in [1.807, 2.05) is 30.3 Å². The number of amides is 2. The van der Waals surface area contributed by atoms with Crippen LogP contribution in [0, 0.1) is 0 Å². The molecule has 1 saturated heterocycles. The van der Waals surface area contributed by atoms with E-state index in [1.54, 1.807) is 0 Å². The Kier molecular flexibility index (Phi) is 4.58. The maximum absolute atomic E-state index is 12.4. The van der Waals surface area contributed by atoms with Crippen molar-refractivity contribution in [1.82, 2.24) is 9.47 Å². The number of aryl methyl sites for hydroxylation is 1. The summed E-state index contributed by atoms with van der Waals surface area (Å²) in [5.41, 5.74) is 2.84. The molecular weight excluding hydrogens is 342 g/mol. The maximum Gasteiger partial charge on any atom is 0.313 e. The van der Waals surface area contributed by atoms with E-state index in [0.29, 0.717) is 25.1 Å². The number of carbonyl (C=O) groups is 2. The summed E-state index contributed by atoms with van der Waals surface area (Å²) in [5.74, 6) is -1.26. The fourth-order valence-corrected chi connectivity index (χ4v) is 3.94. The molecule has 27 heavy (non-hydrogen) atoms. The molecule has 6 nitrogen and oxygen atoms in total. The summed E-state index contributed by atoms with van der Waals surface area (Å²) in [6.07, 6.45) is 0.832. The van der Waals surface area contributed by atoms with Gasteiger partial charge in [0.15, 0.2) is 0 Å². The average Bonchev–Trinajstić information content (AvgIpc) is 3.00. The number of para-hydroxylation sites is 1. The van der Waals surface area contributed by atoms with Crippen LogP contribution in [0.25, 0.3) is 21.8 Å². The fourth-order valence-electron chi connectivity index (χ4n) is 3.94. The average molecular weight is 365 g/mol. The second-order valence-corrected chi connectivity index (χ2v) is 6.99. The van der Waals surface area contributed by atoms with Gasteiger partial charge < -0.3 is 19.9 Å². The number of fused-ring (bicyclic) bond motifs is 3. The number of hydrogen-bond acceptors (Lipinski definition) is 3. The minimum Gasteiger partial charge on any atom is -0.391 e. The Morgan fingerprint density at radius 1 is 1.15 bits per heavy atom. The zero-order valence-electron chi connectivity index (χ0n) is 15.3. The third-order valence-corrected chi connectivity index (χ3v) is 5.22. The SMILES string of the molecule is CCn1c2ccccc2c2cc(NC(=O)C(=O)N3CCCC(O)C3)ccc21. The first-order valence-electron chi connectivity index (χ1n) is 9.37. The van der Waals surface area contributed by atoms with Crippen LogP contribution in [0.15, 0.2) is 42.5 Å². The van der Waals surface area contributed by atoms with Gasteiger partial charge >= 0.3 is 11.8 Å². The molecule has 0 spiro atoms. The standard InChI is InChI=1S/C21H23N3O3/c1-2-24-18-8-4-3-7-16(18)17-12-14(9-10-19(17)24)22-20(26)21(27)23-11-5-6-15(25)13-23/h3-4,7-10,12,15,25H,2,5-6,11,13H2,1H3,(H,22,26). The molecule has 3 aromatic rings. The summed E-state index contributed by atoms with van der Waals surface area (Å²) < 4.78 is 2.23. The summed E-state index contributed by atoms with van der Waals surface area (Å²) in [5, 5.41) is 14.6. The molecule has 0 bridgehead atoms. The van der Waals surface area contributed by atoms with Crippen molar-refractivity contribution in [2.75, 3.05) is 18.4 Å². The van der Waals surface area contributed by atoms with Crippen molar-refractivity contribution in [3.63, 3.8) is 0 Å².